The molecule has 4 aromatic rings. The van der Waals surface area contributed by atoms with Gasteiger partial charge in [-0.2, -0.15) is 20.7 Å². The second kappa shape index (κ2) is 8.74. The summed E-state index contributed by atoms with van der Waals surface area (Å²) < 4.78 is 3.39. The fraction of sp³-hybridized carbons (Fsp3) is 0.136. The van der Waals surface area contributed by atoms with Gasteiger partial charge < -0.3 is 5.32 Å². The summed E-state index contributed by atoms with van der Waals surface area (Å²) in [5.41, 5.74) is 3.45. The van der Waals surface area contributed by atoms with Crippen molar-refractivity contribution >= 4 is 23.2 Å². The van der Waals surface area contributed by atoms with Gasteiger partial charge in [0.05, 0.1) is 29.0 Å². The number of nitriles is 2. The van der Waals surface area contributed by atoms with Crippen LogP contribution in [0.4, 0.5) is 0 Å². The third-order valence-corrected chi connectivity index (χ3v) is 5.85. The van der Waals surface area contributed by atoms with Crippen molar-refractivity contribution in [2.24, 2.45) is 0 Å². The van der Waals surface area contributed by atoms with Gasteiger partial charge >= 0.3 is 0 Å². The van der Waals surface area contributed by atoms with Gasteiger partial charge in [0.15, 0.2) is 0 Å². The summed E-state index contributed by atoms with van der Waals surface area (Å²) in [6, 6.07) is 13.7. The van der Waals surface area contributed by atoms with E-state index in [0.29, 0.717) is 29.6 Å². The van der Waals surface area contributed by atoms with Crippen molar-refractivity contribution in [3.05, 3.63) is 66.2 Å². The number of carbonyl (C=O) groups is 1. The van der Waals surface area contributed by atoms with Crippen LogP contribution in [-0.4, -0.2) is 32.3 Å². The Morgan fingerprint density at radius 2 is 1.87 bits per heavy atom. The summed E-state index contributed by atoms with van der Waals surface area (Å²) in [6.07, 6.45) is 7.32. The van der Waals surface area contributed by atoms with E-state index in [9.17, 15) is 15.3 Å². The van der Waals surface area contributed by atoms with Gasteiger partial charge in [0.2, 0.25) is 5.91 Å². The van der Waals surface area contributed by atoms with E-state index in [1.54, 1.807) is 28.5 Å². The van der Waals surface area contributed by atoms with Crippen molar-refractivity contribution in [3.8, 4) is 23.3 Å². The number of carbonyl (C=O) groups excluding carboxylic acids is 1. The van der Waals surface area contributed by atoms with Gasteiger partial charge in [-0.1, -0.05) is 23.9 Å². The van der Waals surface area contributed by atoms with E-state index >= 15 is 0 Å². The summed E-state index contributed by atoms with van der Waals surface area (Å²) in [4.78, 5) is 13.1. The highest BCUT2D eigenvalue weighted by Crippen LogP contribution is 2.36. The highest BCUT2D eigenvalue weighted by Gasteiger charge is 2.15. The molecule has 1 amide bonds. The lowest BCUT2D eigenvalue weighted by Gasteiger charge is -2.09. The lowest BCUT2D eigenvalue weighted by atomic mass is 10.1. The third-order valence-electron chi connectivity index (χ3n) is 4.74. The molecule has 1 N–H and O–H groups in total. The number of nitrogens with one attached hydrogen (secondary N) is 1. The first kappa shape index (κ1) is 20.2. The Morgan fingerprint density at radius 1 is 1.06 bits per heavy atom. The van der Waals surface area contributed by atoms with Gasteiger partial charge in [-0.15, -0.1) is 0 Å². The lowest BCUT2D eigenvalue weighted by Crippen LogP contribution is -2.19. The van der Waals surface area contributed by atoms with Crippen molar-refractivity contribution in [2.75, 3.05) is 7.05 Å². The number of aryl methyl sites for hydroxylation is 1. The quantitative estimate of drug-likeness (QED) is 0.506. The third kappa shape index (κ3) is 4.13. The number of nitrogens with zero attached hydrogens (tertiary/aromatic N) is 6. The number of benzene rings is 1. The molecule has 0 fully saturated rings. The molecule has 152 valence electrons. The topological polar surface area (TPSA) is 112 Å². The molecule has 0 saturated carbocycles. The zero-order valence-electron chi connectivity index (χ0n) is 16.6. The molecule has 4 rings (SSSR count). The Bertz CT molecular complexity index is 1360. The molecule has 0 saturated heterocycles. The molecule has 0 radical (unpaired) electrons. The number of fused-ring (bicyclic) bond motifs is 1. The zero-order valence-corrected chi connectivity index (χ0v) is 17.4. The molecular weight excluding hydrogens is 410 g/mol. The van der Waals surface area contributed by atoms with Crippen molar-refractivity contribution < 1.29 is 4.79 Å². The van der Waals surface area contributed by atoms with Crippen LogP contribution in [0.3, 0.4) is 0 Å². The zero-order chi connectivity index (χ0) is 21.8. The smallest absolute Gasteiger partial charge is 0.221 e. The largest absolute Gasteiger partial charge is 0.359 e. The minimum Gasteiger partial charge on any atom is -0.359 e. The van der Waals surface area contributed by atoms with Gasteiger partial charge in [0, 0.05) is 53.3 Å². The molecule has 3 heterocycles. The Kier molecular flexibility index (Phi) is 5.69. The van der Waals surface area contributed by atoms with Crippen LogP contribution in [0, 0.1) is 22.7 Å². The van der Waals surface area contributed by atoms with Crippen LogP contribution in [0.2, 0.25) is 0 Å². The van der Waals surface area contributed by atoms with Crippen LogP contribution in [-0.2, 0) is 11.3 Å². The van der Waals surface area contributed by atoms with Crippen LogP contribution in [0.15, 0.2) is 64.9 Å². The van der Waals surface area contributed by atoms with E-state index < -0.39 is 0 Å². The average Bonchev–Trinajstić information content (AvgIpc) is 3.44. The summed E-state index contributed by atoms with van der Waals surface area (Å²) in [5, 5.41) is 30.2. The second-order valence-electron chi connectivity index (χ2n) is 6.68. The monoisotopic (exact) mass is 427 g/mol. The van der Waals surface area contributed by atoms with Gasteiger partial charge in [0.25, 0.3) is 0 Å². The molecule has 0 aliphatic heterocycles. The maximum Gasteiger partial charge on any atom is 0.221 e. The van der Waals surface area contributed by atoms with E-state index in [0.717, 1.165) is 20.9 Å². The van der Waals surface area contributed by atoms with E-state index in [1.807, 2.05) is 36.7 Å². The fourth-order valence-electron chi connectivity index (χ4n) is 3.14. The standard InChI is InChI=1S/C22H17N7OS/c1-25-21(30)6-7-28-13-18(12-26-28)16-8-20(22-17(10-24)11-27-29(22)14-16)31-19-5-3-2-4-15(19)9-23/h2-5,8,11-14H,6-7H2,1H3,(H,25,30). The molecule has 8 nitrogen and oxygen atoms in total. The molecule has 3 aromatic heterocycles. The van der Waals surface area contributed by atoms with Crippen LogP contribution < -0.4 is 5.32 Å². The van der Waals surface area contributed by atoms with Crippen molar-refractivity contribution in [3.63, 3.8) is 0 Å². The predicted molar refractivity (Wildman–Crippen MR) is 115 cm³/mol. The second-order valence-corrected chi connectivity index (χ2v) is 7.77. The first-order chi connectivity index (χ1) is 15.1. The molecule has 0 atom stereocenters. The Hall–Kier alpha value is -4.08. The minimum absolute atomic E-state index is 0.0473. The fourth-order valence-corrected chi connectivity index (χ4v) is 4.24. The van der Waals surface area contributed by atoms with Crippen LogP contribution in [0.5, 0.6) is 0 Å². The van der Waals surface area contributed by atoms with Crippen molar-refractivity contribution in [1.29, 1.82) is 10.5 Å². The number of amides is 1. The van der Waals surface area contributed by atoms with Crippen LogP contribution >= 0.6 is 11.8 Å². The summed E-state index contributed by atoms with van der Waals surface area (Å²) in [7, 11) is 1.61. The highest BCUT2D eigenvalue weighted by molar-refractivity contribution is 7.99. The van der Waals surface area contributed by atoms with E-state index in [-0.39, 0.29) is 5.91 Å². The first-order valence-corrected chi connectivity index (χ1v) is 10.3. The van der Waals surface area contributed by atoms with Gasteiger partial charge in [0.1, 0.15) is 12.1 Å². The maximum atomic E-state index is 11.5. The van der Waals surface area contributed by atoms with Crippen molar-refractivity contribution in [1.82, 2.24) is 24.7 Å². The molecule has 0 spiro atoms. The van der Waals surface area contributed by atoms with E-state index in [4.69, 9.17) is 0 Å². The molecule has 9 heteroatoms. The molecule has 0 bridgehead atoms. The lowest BCUT2D eigenvalue weighted by molar-refractivity contribution is -0.120. The molecule has 1 aromatic carbocycles. The number of hydrogen-bond acceptors (Lipinski definition) is 6. The van der Waals surface area contributed by atoms with Gasteiger partial charge in [-0.25, -0.2) is 4.52 Å². The Morgan fingerprint density at radius 3 is 2.65 bits per heavy atom. The Labute approximate surface area is 182 Å². The SMILES string of the molecule is CNC(=O)CCn1cc(-c2cc(Sc3ccccc3C#N)c3c(C#N)cnn3c2)cn1. The Balaban J connectivity index is 1.75. The van der Waals surface area contributed by atoms with E-state index in [2.05, 4.69) is 27.7 Å². The predicted octanol–water partition coefficient (Wildman–Crippen LogP) is 3.23. The molecule has 0 aliphatic carbocycles. The number of pyridine rings is 1. The normalized spacial score (nSPS) is 10.5. The molecular formula is C22H17N7OS. The summed E-state index contributed by atoms with van der Waals surface area (Å²) in [6.45, 7) is 0.472. The maximum absolute atomic E-state index is 11.5. The summed E-state index contributed by atoms with van der Waals surface area (Å²) >= 11 is 1.42. The average molecular weight is 427 g/mol. The van der Waals surface area contributed by atoms with Crippen LogP contribution in [0.1, 0.15) is 17.5 Å². The van der Waals surface area contributed by atoms with Crippen molar-refractivity contribution in [2.45, 2.75) is 22.8 Å². The van der Waals surface area contributed by atoms with E-state index in [1.165, 1.54) is 18.0 Å². The molecule has 0 aliphatic rings. The minimum atomic E-state index is -0.0473. The number of hydrogen-bond donors (Lipinski definition) is 1. The molecule has 0 unspecified atom stereocenters. The molecule has 31 heavy (non-hydrogen) atoms. The van der Waals surface area contributed by atoms with Gasteiger partial charge in [-0.05, 0) is 18.2 Å². The van der Waals surface area contributed by atoms with Gasteiger partial charge in [-0.3, -0.25) is 9.48 Å². The highest BCUT2D eigenvalue weighted by atomic mass is 32.2. The van der Waals surface area contributed by atoms with Crippen LogP contribution in [0.25, 0.3) is 16.6 Å². The first-order valence-electron chi connectivity index (χ1n) is 9.45. The number of rotatable bonds is 6. The number of aromatic nitrogens is 4. The summed E-state index contributed by atoms with van der Waals surface area (Å²) in [5.74, 6) is -0.0473.